The highest BCUT2D eigenvalue weighted by molar-refractivity contribution is 8.14. The summed E-state index contributed by atoms with van der Waals surface area (Å²) in [6.07, 6.45) is -0.304. The Morgan fingerprint density at radius 2 is 2.14 bits per heavy atom. The van der Waals surface area contributed by atoms with E-state index < -0.39 is 15.5 Å². The molecular weight excluding hydrogens is 329 g/mol. The summed E-state index contributed by atoms with van der Waals surface area (Å²) in [7, 11) is -4.70. The van der Waals surface area contributed by atoms with Crippen LogP contribution < -0.4 is 9.80 Å². The van der Waals surface area contributed by atoms with Gasteiger partial charge in [0.2, 0.25) is 5.91 Å². The van der Waals surface area contributed by atoms with Gasteiger partial charge in [-0.05, 0) is 30.0 Å². The molecule has 0 spiro atoms. The van der Waals surface area contributed by atoms with Crippen LogP contribution in [0.2, 0.25) is 0 Å². The molecule has 1 saturated heterocycles. The smallest absolute Gasteiger partial charge is 0.307 e. The van der Waals surface area contributed by atoms with Gasteiger partial charge in [-0.15, -0.1) is 3.89 Å². The first-order chi connectivity index (χ1) is 10.4. The number of hydrogen-bond acceptors (Lipinski definition) is 6. The molecule has 4 rings (SSSR count). The van der Waals surface area contributed by atoms with Crippen LogP contribution in [0.4, 0.5) is 15.3 Å². The van der Waals surface area contributed by atoms with Crippen LogP contribution in [0, 0.1) is 0 Å². The van der Waals surface area contributed by atoms with E-state index in [4.69, 9.17) is 0 Å². The van der Waals surface area contributed by atoms with Crippen LogP contribution in [0.15, 0.2) is 28.1 Å². The number of halogens is 1. The van der Waals surface area contributed by atoms with Gasteiger partial charge in [0.15, 0.2) is 5.17 Å². The molecule has 1 unspecified atom stereocenters. The van der Waals surface area contributed by atoms with E-state index in [2.05, 4.69) is 9.89 Å². The van der Waals surface area contributed by atoms with Crippen LogP contribution >= 0.6 is 11.8 Å². The number of amides is 1. The van der Waals surface area contributed by atoms with Gasteiger partial charge >= 0.3 is 10.2 Å². The van der Waals surface area contributed by atoms with E-state index in [9.17, 15) is 17.1 Å². The Morgan fingerprint density at radius 3 is 2.86 bits per heavy atom. The summed E-state index contributed by atoms with van der Waals surface area (Å²) in [5, 5.41) is -0.323. The molecule has 22 heavy (non-hydrogen) atoms. The third-order valence-corrected chi connectivity index (χ3v) is 6.24. The highest BCUT2D eigenvalue weighted by Gasteiger charge is 2.39. The lowest BCUT2D eigenvalue weighted by atomic mass is 10.2. The van der Waals surface area contributed by atoms with Crippen LogP contribution in [-0.4, -0.2) is 44.4 Å². The zero-order valence-electron chi connectivity index (χ0n) is 11.4. The molecule has 0 radical (unpaired) electrons. The number of anilines is 2. The quantitative estimate of drug-likeness (QED) is 0.760. The Kier molecular flexibility index (Phi) is 2.99. The van der Waals surface area contributed by atoms with Crippen molar-refractivity contribution in [3.63, 3.8) is 0 Å². The van der Waals surface area contributed by atoms with Crippen molar-refractivity contribution in [1.29, 1.82) is 0 Å². The fourth-order valence-electron chi connectivity index (χ4n) is 2.92. The molecule has 3 heterocycles. The number of fused-ring (bicyclic) bond motifs is 3. The molecule has 0 N–H and O–H groups in total. The lowest BCUT2D eigenvalue weighted by Gasteiger charge is -2.19. The minimum Gasteiger partial charge on any atom is -0.318 e. The second kappa shape index (κ2) is 4.69. The van der Waals surface area contributed by atoms with Crippen molar-refractivity contribution in [1.82, 2.24) is 0 Å². The fraction of sp³-hybridized carbons (Fsp3) is 0.385. The Hall–Kier alpha value is -1.61. The summed E-state index contributed by atoms with van der Waals surface area (Å²) < 4.78 is 35.2. The van der Waals surface area contributed by atoms with Gasteiger partial charge in [0.25, 0.3) is 0 Å². The molecule has 9 heteroatoms. The van der Waals surface area contributed by atoms with Gasteiger partial charge in [-0.3, -0.25) is 9.79 Å². The summed E-state index contributed by atoms with van der Waals surface area (Å²) >= 11 is 1.58. The van der Waals surface area contributed by atoms with Crippen LogP contribution in [0.1, 0.15) is 6.42 Å². The number of thioether (sulfide) groups is 1. The Balaban J connectivity index is 1.66. The van der Waals surface area contributed by atoms with Crippen molar-refractivity contribution in [2.24, 2.45) is 4.99 Å². The SMILES string of the molecule is O=C1CC(S(=O)(=O)F)CN1c1ccc2c(c1)N1CCN=C1S2. The van der Waals surface area contributed by atoms with Gasteiger partial charge in [-0.1, -0.05) is 0 Å². The molecule has 3 aliphatic heterocycles. The lowest BCUT2D eigenvalue weighted by Crippen LogP contribution is -2.27. The molecule has 0 aliphatic carbocycles. The highest BCUT2D eigenvalue weighted by Crippen LogP contribution is 2.44. The van der Waals surface area contributed by atoms with Crippen molar-refractivity contribution in [3.05, 3.63) is 18.2 Å². The zero-order chi connectivity index (χ0) is 15.5. The van der Waals surface area contributed by atoms with Gasteiger partial charge in [-0.25, -0.2) is 0 Å². The first kappa shape index (κ1) is 14.0. The van der Waals surface area contributed by atoms with E-state index in [0.717, 1.165) is 28.8 Å². The summed E-state index contributed by atoms with van der Waals surface area (Å²) in [6, 6.07) is 5.50. The molecule has 1 amide bonds. The third-order valence-electron chi connectivity index (χ3n) is 4.04. The van der Waals surface area contributed by atoms with Gasteiger partial charge in [0, 0.05) is 30.1 Å². The highest BCUT2D eigenvalue weighted by atomic mass is 32.3. The van der Waals surface area contributed by atoms with E-state index in [1.54, 1.807) is 17.8 Å². The van der Waals surface area contributed by atoms with Gasteiger partial charge < -0.3 is 9.80 Å². The minimum atomic E-state index is -4.70. The minimum absolute atomic E-state index is 0.134. The number of aliphatic imine (C=N–C) groups is 1. The normalized spacial score (nSPS) is 23.8. The summed E-state index contributed by atoms with van der Waals surface area (Å²) in [5.74, 6) is -0.368. The number of benzene rings is 1. The maximum Gasteiger partial charge on any atom is 0.307 e. The van der Waals surface area contributed by atoms with Crippen LogP contribution in [-0.2, 0) is 15.0 Å². The van der Waals surface area contributed by atoms with Crippen molar-refractivity contribution in [2.45, 2.75) is 16.6 Å². The largest absolute Gasteiger partial charge is 0.318 e. The van der Waals surface area contributed by atoms with Crippen molar-refractivity contribution < 1.29 is 17.1 Å². The van der Waals surface area contributed by atoms with Crippen molar-refractivity contribution >= 4 is 44.4 Å². The number of carbonyl (C=O) groups is 1. The molecule has 3 aliphatic rings. The Morgan fingerprint density at radius 1 is 1.32 bits per heavy atom. The molecule has 0 saturated carbocycles. The standard InChI is InChI=1S/C13H12FN3O3S2/c14-22(19,20)9-6-12(18)17(7-9)8-1-2-11-10(5-8)16-4-3-15-13(16)21-11/h1-2,5,9H,3-4,6-7H2. The monoisotopic (exact) mass is 341 g/mol. The van der Waals surface area contributed by atoms with E-state index in [0.29, 0.717) is 5.69 Å². The summed E-state index contributed by atoms with van der Waals surface area (Å²) in [6.45, 7) is 1.41. The molecular formula is C13H12FN3O3S2. The van der Waals surface area contributed by atoms with E-state index in [1.165, 1.54) is 4.90 Å². The van der Waals surface area contributed by atoms with Gasteiger partial charge in [0.05, 0.1) is 12.2 Å². The summed E-state index contributed by atoms with van der Waals surface area (Å²) in [5.41, 5.74) is 1.57. The van der Waals surface area contributed by atoms with Crippen LogP contribution in [0.25, 0.3) is 0 Å². The average molecular weight is 341 g/mol. The molecule has 1 aromatic carbocycles. The third kappa shape index (κ3) is 2.11. The van der Waals surface area contributed by atoms with Gasteiger partial charge in [0.1, 0.15) is 5.25 Å². The topological polar surface area (TPSA) is 70.1 Å². The van der Waals surface area contributed by atoms with Gasteiger partial charge in [-0.2, -0.15) is 8.42 Å². The molecule has 1 fully saturated rings. The number of carbonyl (C=O) groups excluding carboxylic acids is 1. The van der Waals surface area contributed by atoms with Crippen LogP contribution in [0.3, 0.4) is 0 Å². The fourth-order valence-corrected chi connectivity index (χ4v) is 4.65. The second-order valence-corrected chi connectivity index (χ2v) is 8.00. The Labute approximate surface area is 131 Å². The maximum absolute atomic E-state index is 13.1. The van der Waals surface area contributed by atoms with E-state index in [-0.39, 0.29) is 18.9 Å². The lowest BCUT2D eigenvalue weighted by molar-refractivity contribution is -0.117. The maximum atomic E-state index is 13.1. The number of hydrogen-bond donors (Lipinski definition) is 0. The summed E-state index contributed by atoms with van der Waals surface area (Å²) in [4.78, 5) is 20.9. The van der Waals surface area contributed by atoms with Crippen molar-refractivity contribution in [2.75, 3.05) is 29.4 Å². The molecule has 0 aromatic heterocycles. The van der Waals surface area contributed by atoms with E-state index >= 15 is 0 Å². The zero-order valence-corrected chi connectivity index (χ0v) is 13.0. The van der Waals surface area contributed by atoms with Crippen LogP contribution in [0.5, 0.6) is 0 Å². The molecule has 0 bridgehead atoms. The van der Waals surface area contributed by atoms with E-state index in [1.807, 2.05) is 12.1 Å². The molecule has 116 valence electrons. The van der Waals surface area contributed by atoms with Crippen molar-refractivity contribution in [3.8, 4) is 0 Å². The Bertz CT molecular complexity index is 809. The molecule has 6 nitrogen and oxygen atoms in total. The number of nitrogens with zero attached hydrogens (tertiary/aromatic N) is 3. The first-order valence-electron chi connectivity index (χ1n) is 6.81. The number of rotatable bonds is 2. The molecule has 1 aromatic rings. The predicted molar refractivity (Wildman–Crippen MR) is 82.7 cm³/mol. The number of amidine groups is 1. The second-order valence-electron chi connectivity index (χ2n) is 5.38. The predicted octanol–water partition coefficient (Wildman–Crippen LogP) is 1.37. The molecule has 1 atom stereocenters. The first-order valence-corrected chi connectivity index (χ1v) is 9.07. The average Bonchev–Trinajstić information content (AvgIpc) is 3.10.